The highest BCUT2D eigenvalue weighted by Crippen LogP contribution is 2.30. The summed E-state index contributed by atoms with van der Waals surface area (Å²) in [5.74, 6) is 0.686. The number of halogens is 1. The average Bonchev–Trinajstić information content (AvgIpc) is 2.46. The molecule has 0 aliphatic rings. The van der Waals surface area contributed by atoms with E-state index in [0.717, 1.165) is 5.56 Å². The van der Waals surface area contributed by atoms with Crippen LogP contribution in [0.4, 0.5) is 5.69 Å². The molecule has 0 heterocycles. The number of nitrogens with two attached hydrogens (primary N) is 1. The third kappa shape index (κ3) is 3.59. The van der Waals surface area contributed by atoms with E-state index in [1.54, 1.807) is 12.1 Å². The summed E-state index contributed by atoms with van der Waals surface area (Å²) in [5, 5.41) is 10.9. The van der Waals surface area contributed by atoms with Crippen molar-refractivity contribution in [3.05, 3.63) is 68.2 Å². The van der Waals surface area contributed by atoms with Gasteiger partial charge in [-0.25, -0.2) is 0 Å². The fourth-order valence-corrected chi connectivity index (χ4v) is 2.49. The van der Waals surface area contributed by atoms with Crippen LogP contribution < -0.4 is 10.5 Å². The van der Waals surface area contributed by atoms with Crippen LogP contribution in [0.15, 0.2) is 46.9 Å². The molecule has 2 aromatic carbocycles. The minimum atomic E-state index is -0.427. The second-order valence-electron chi connectivity index (χ2n) is 4.62. The Morgan fingerprint density at radius 2 is 2.00 bits per heavy atom. The number of nitro benzene ring substituents is 1. The summed E-state index contributed by atoms with van der Waals surface area (Å²) in [7, 11) is 0. The molecule has 1 atom stereocenters. The summed E-state index contributed by atoms with van der Waals surface area (Å²) in [6, 6.07) is 12.2. The first-order valence-corrected chi connectivity index (χ1v) is 7.19. The van der Waals surface area contributed by atoms with Crippen LogP contribution >= 0.6 is 15.9 Å². The maximum absolute atomic E-state index is 10.9. The summed E-state index contributed by atoms with van der Waals surface area (Å²) >= 11 is 3.26. The quantitative estimate of drug-likeness (QED) is 0.653. The van der Waals surface area contributed by atoms with Gasteiger partial charge in [0, 0.05) is 23.2 Å². The SMILES string of the molecule is CC(N)c1ccccc1OCc1cccc([N+](=O)[O-])c1Br. The summed E-state index contributed by atoms with van der Waals surface area (Å²) in [4.78, 5) is 10.5. The summed E-state index contributed by atoms with van der Waals surface area (Å²) in [5.41, 5.74) is 7.54. The minimum Gasteiger partial charge on any atom is -0.489 e. The van der Waals surface area contributed by atoms with E-state index in [1.807, 2.05) is 31.2 Å². The van der Waals surface area contributed by atoms with Crippen molar-refractivity contribution >= 4 is 21.6 Å². The standard InChI is InChI=1S/C15H15BrN2O3/c1-10(17)12-6-2-3-8-14(12)21-9-11-5-4-7-13(15(11)16)18(19)20/h2-8,10H,9,17H2,1H3. The molecule has 21 heavy (non-hydrogen) atoms. The van der Waals surface area contributed by atoms with Crippen LogP contribution in [-0.4, -0.2) is 4.92 Å². The monoisotopic (exact) mass is 350 g/mol. The van der Waals surface area contributed by atoms with Gasteiger partial charge in [-0.15, -0.1) is 0 Å². The van der Waals surface area contributed by atoms with Gasteiger partial charge in [0.15, 0.2) is 0 Å². The van der Waals surface area contributed by atoms with E-state index in [9.17, 15) is 10.1 Å². The average molecular weight is 351 g/mol. The van der Waals surface area contributed by atoms with Gasteiger partial charge in [-0.1, -0.05) is 30.3 Å². The number of rotatable bonds is 5. The Balaban J connectivity index is 2.21. The first-order valence-electron chi connectivity index (χ1n) is 6.39. The van der Waals surface area contributed by atoms with E-state index in [2.05, 4.69) is 15.9 Å². The van der Waals surface area contributed by atoms with Gasteiger partial charge in [-0.2, -0.15) is 0 Å². The Kier molecular flexibility index (Phi) is 4.93. The molecule has 0 amide bonds. The summed E-state index contributed by atoms with van der Waals surface area (Å²) in [6.07, 6.45) is 0. The Morgan fingerprint density at radius 1 is 1.29 bits per heavy atom. The molecule has 0 aromatic heterocycles. The second-order valence-corrected chi connectivity index (χ2v) is 5.42. The highest BCUT2D eigenvalue weighted by Gasteiger charge is 2.15. The number of hydrogen-bond donors (Lipinski definition) is 1. The lowest BCUT2D eigenvalue weighted by Gasteiger charge is -2.14. The predicted molar refractivity (Wildman–Crippen MR) is 84.2 cm³/mol. The fourth-order valence-electron chi connectivity index (χ4n) is 1.96. The van der Waals surface area contributed by atoms with Crippen molar-refractivity contribution in [2.45, 2.75) is 19.6 Å². The predicted octanol–water partition coefficient (Wildman–Crippen LogP) is 3.96. The molecule has 0 fully saturated rings. The molecule has 0 spiro atoms. The van der Waals surface area contributed by atoms with Gasteiger partial charge in [0.05, 0.1) is 4.92 Å². The molecule has 1 unspecified atom stereocenters. The van der Waals surface area contributed by atoms with Gasteiger partial charge in [0.1, 0.15) is 16.8 Å². The fraction of sp³-hybridized carbons (Fsp3) is 0.200. The summed E-state index contributed by atoms with van der Waals surface area (Å²) < 4.78 is 6.21. The Labute approximate surface area is 131 Å². The van der Waals surface area contributed by atoms with Crippen molar-refractivity contribution < 1.29 is 9.66 Å². The Morgan fingerprint density at radius 3 is 2.67 bits per heavy atom. The first kappa shape index (κ1) is 15.5. The van der Waals surface area contributed by atoms with Crippen LogP contribution in [0.25, 0.3) is 0 Å². The topological polar surface area (TPSA) is 78.4 Å². The zero-order valence-corrected chi connectivity index (χ0v) is 13.0. The normalized spacial score (nSPS) is 12.0. The van der Waals surface area contributed by atoms with Crippen LogP contribution in [-0.2, 0) is 6.61 Å². The second kappa shape index (κ2) is 6.69. The molecule has 0 aliphatic carbocycles. The van der Waals surface area contributed by atoms with Crippen molar-refractivity contribution in [2.75, 3.05) is 0 Å². The van der Waals surface area contributed by atoms with Crippen LogP contribution in [0.2, 0.25) is 0 Å². The maximum atomic E-state index is 10.9. The minimum absolute atomic E-state index is 0.0246. The molecule has 110 valence electrons. The number of benzene rings is 2. The van der Waals surface area contributed by atoms with Gasteiger partial charge in [0.25, 0.3) is 5.69 Å². The smallest absolute Gasteiger partial charge is 0.283 e. The third-order valence-corrected chi connectivity index (χ3v) is 3.96. The van der Waals surface area contributed by atoms with E-state index < -0.39 is 4.92 Å². The molecular weight excluding hydrogens is 336 g/mol. The van der Waals surface area contributed by atoms with Crippen LogP contribution in [0.5, 0.6) is 5.75 Å². The first-order chi connectivity index (χ1) is 10.0. The van der Waals surface area contributed by atoms with Gasteiger partial charge < -0.3 is 10.5 Å². The van der Waals surface area contributed by atoms with Gasteiger partial charge in [-0.05, 0) is 28.9 Å². The van der Waals surface area contributed by atoms with Crippen molar-refractivity contribution in [1.82, 2.24) is 0 Å². The van der Waals surface area contributed by atoms with Crippen molar-refractivity contribution in [3.63, 3.8) is 0 Å². The number of hydrogen-bond acceptors (Lipinski definition) is 4. The van der Waals surface area contributed by atoms with Crippen molar-refractivity contribution in [2.24, 2.45) is 5.73 Å². The molecule has 2 aromatic rings. The molecule has 2 N–H and O–H groups in total. The lowest BCUT2D eigenvalue weighted by atomic mass is 10.1. The van der Waals surface area contributed by atoms with Gasteiger partial charge >= 0.3 is 0 Å². The van der Waals surface area contributed by atoms with Crippen LogP contribution in [0, 0.1) is 10.1 Å². The number of nitro groups is 1. The molecule has 6 heteroatoms. The number of para-hydroxylation sites is 1. The van der Waals surface area contributed by atoms with E-state index in [-0.39, 0.29) is 18.3 Å². The molecule has 0 radical (unpaired) electrons. The lowest BCUT2D eigenvalue weighted by molar-refractivity contribution is -0.385. The zero-order valence-electron chi connectivity index (χ0n) is 11.5. The van der Waals surface area contributed by atoms with Gasteiger partial charge in [-0.3, -0.25) is 10.1 Å². The number of ether oxygens (including phenoxy) is 1. The van der Waals surface area contributed by atoms with E-state index >= 15 is 0 Å². The van der Waals surface area contributed by atoms with Crippen LogP contribution in [0.3, 0.4) is 0 Å². The lowest BCUT2D eigenvalue weighted by Crippen LogP contribution is -2.08. The molecule has 0 aliphatic heterocycles. The molecule has 0 saturated heterocycles. The Bertz CT molecular complexity index is 659. The van der Waals surface area contributed by atoms with Gasteiger partial charge in [0.2, 0.25) is 0 Å². The third-order valence-electron chi connectivity index (χ3n) is 3.05. The van der Waals surface area contributed by atoms with Crippen molar-refractivity contribution in [3.8, 4) is 5.75 Å². The Hall–Kier alpha value is -1.92. The van der Waals surface area contributed by atoms with E-state index in [1.165, 1.54) is 6.07 Å². The van der Waals surface area contributed by atoms with E-state index in [4.69, 9.17) is 10.5 Å². The highest BCUT2D eigenvalue weighted by atomic mass is 79.9. The van der Waals surface area contributed by atoms with E-state index in [0.29, 0.717) is 15.8 Å². The molecule has 0 bridgehead atoms. The maximum Gasteiger partial charge on any atom is 0.283 e. The number of nitrogens with zero attached hydrogens (tertiary/aromatic N) is 1. The highest BCUT2D eigenvalue weighted by molar-refractivity contribution is 9.10. The van der Waals surface area contributed by atoms with Crippen molar-refractivity contribution in [1.29, 1.82) is 0 Å². The molecule has 0 saturated carbocycles. The summed E-state index contributed by atoms with van der Waals surface area (Å²) in [6.45, 7) is 2.11. The largest absolute Gasteiger partial charge is 0.489 e. The molecule has 5 nitrogen and oxygen atoms in total. The zero-order chi connectivity index (χ0) is 15.4. The molecule has 2 rings (SSSR count). The van der Waals surface area contributed by atoms with Crippen LogP contribution in [0.1, 0.15) is 24.1 Å². The molecular formula is C15H15BrN2O3.